The third-order valence-electron chi connectivity index (χ3n) is 3.97. The molecule has 7 nitrogen and oxygen atoms in total. The summed E-state index contributed by atoms with van der Waals surface area (Å²) in [5, 5.41) is 0. The van der Waals surface area contributed by atoms with Gasteiger partial charge in [-0.1, -0.05) is 30.3 Å². The maximum absolute atomic E-state index is 12.2. The minimum absolute atomic E-state index is 0.103. The van der Waals surface area contributed by atoms with Crippen LogP contribution in [0.3, 0.4) is 0 Å². The van der Waals surface area contributed by atoms with E-state index >= 15 is 0 Å². The Kier molecular flexibility index (Phi) is 7.17. The molecule has 0 aliphatic heterocycles. The Hall–Kier alpha value is -2.87. The van der Waals surface area contributed by atoms with Crippen LogP contribution in [0.5, 0.6) is 5.75 Å². The first-order chi connectivity index (χ1) is 13.2. The average molecular weight is 405 g/mol. The van der Waals surface area contributed by atoms with Crippen LogP contribution < -0.4 is 4.74 Å². The highest BCUT2D eigenvalue weighted by Gasteiger charge is 2.15. The van der Waals surface area contributed by atoms with E-state index in [1.807, 2.05) is 18.2 Å². The molecule has 0 unspecified atom stereocenters. The van der Waals surface area contributed by atoms with Crippen molar-refractivity contribution in [2.45, 2.75) is 12.3 Å². The Labute approximate surface area is 164 Å². The van der Waals surface area contributed by atoms with Crippen molar-refractivity contribution in [3.63, 3.8) is 0 Å². The highest BCUT2D eigenvalue weighted by molar-refractivity contribution is 7.89. The molecule has 28 heavy (non-hydrogen) atoms. The summed E-state index contributed by atoms with van der Waals surface area (Å²) in [5.41, 5.74) is 1.66. The lowest BCUT2D eigenvalue weighted by atomic mass is 10.1. The van der Waals surface area contributed by atoms with Gasteiger partial charge in [0.1, 0.15) is 5.75 Å². The van der Waals surface area contributed by atoms with E-state index in [1.54, 1.807) is 32.4 Å². The molecular weight excluding hydrogens is 382 g/mol. The van der Waals surface area contributed by atoms with Gasteiger partial charge in [-0.15, -0.1) is 0 Å². The number of likely N-dealkylation sites (N-methyl/N-ethyl adjacent to an activating group) is 1. The summed E-state index contributed by atoms with van der Waals surface area (Å²) in [6.07, 6.45) is 1.14. The lowest BCUT2D eigenvalue weighted by Gasteiger charge is -2.18. The normalized spacial score (nSPS) is 11.0. The number of nitrogens with zero attached hydrogens (tertiary/aromatic N) is 1. The molecule has 8 heteroatoms. The van der Waals surface area contributed by atoms with Gasteiger partial charge in [0, 0.05) is 25.4 Å². The summed E-state index contributed by atoms with van der Waals surface area (Å²) in [4.78, 5) is 25.8. The smallest absolute Gasteiger partial charge is 0.338 e. The maximum Gasteiger partial charge on any atom is 0.338 e. The number of hydrogen-bond donors (Lipinski definition) is 0. The summed E-state index contributed by atoms with van der Waals surface area (Å²) < 4.78 is 32.9. The second kappa shape index (κ2) is 9.36. The standard InChI is InChI=1S/C20H23NO6S/c1-21(12-17-6-4-5-7-18(17)26-2)19(22)13-27-20(23)16-10-8-15(9-11-16)14-28(3,24)25/h4-11H,12-14H2,1-3H3. The highest BCUT2D eigenvalue weighted by atomic mass is 32.2. The summed E-state index contributed by atoms with van der Waals surface area (Å²) in [5.74, 6) is -0.430. The van der Waals surface area contributed by atoms with Crippen molar-refractivity contribution in [2.24, 2.45) is 0 Å². The fourth-order valence-electron chi connectivity index (χ4n) is 2.54. The van der Waals surface area contributed by atoms with Crippen molar-refractivity contribution >= 4 is 21.7 Å². The topological polar surface area (TPSA) is 90.0 Å². The molecule has 0 fully saturated rings. The quantitative estimate of drug-likeness (QED) is 0.625. The molecule has 0 N–H and O–H groups in total. The van der Waals surface area contributed by atoms with E-state index in [2.05, 4.69) is 0 Å². The molecule has 0 aliphatic rings. The van der Waals surface area contributed by atoms with Crippen LogP contribution in [-0.4, -0.2) is 52.2 Å². The largest absolute Gasteiger partial charge is 0.496 e. The molecular formula is C20H23NO6S. The number of sulfone groups is 1. The van der Waals surface area contributed by atoms with E-state index in [0.29, 0.717) is 17.9 Å². The molecule has 2 aromatic carbocycles. The molecule has 0 aliphatic carbocycles. The van der Waals surface area contributed by atoms with Crippen LogP contribution in [-0.2, 0) is 31.7 Å². The van der Waals surface area contributed by atoms with Crippen LogP contribution in [0.25, 0.3) is 0 Å². The monoisotopic (exact) mass is 405 g/mol. The molecule has 0 aromatic heterocycles. The zero-order valence-electron chi connectivity index (χ0n) is 16.0. The van der Waals surface area contributed by atoms with E-state index < -0.39 is 22.4 Å². The number of hydrogen-bond acceptors (Lipinski definition) is 6. The zero-order chi connectivity index (χ0) is 20.7. The fraction of sp³-hybridized carbons (Fsp3) is 0.300. The maximum atomic E-state index is 12.2. The second-order valence-electron chi connectivity index (χ2n) is 6.40. The minimum Gasteiger partial charge on any atom is -0.496 e. The van der Waals surface area contributed by atoms with E-state index in [1.165, 1.54) is 17.0 Å². The Bertz CT molecular complexity index is 937. The molecule has 2 aromatic rings. The van der Waals surface area contributed by atoms with Gasteiger partial charge < -0.3 is 14.4 Å². The Balaban J connectivity index is 1.90. The van der Waals surface area contributed by atoms with Crippen molar-refractivity contribution in [3.05, 3.63) is 65.2 Å². The number of amides is 1. The number of rotatable bonds is 8. The van der Waals surface area contributed by atoms with Gasteiger partial charge in [-0.2, -0.15) is 0 Å². The number of carbonyl (C=O) groups excluding carboxylic acids is 2. The number of para-hydroxylation sites is 1. The van der Waals surface area contributed by atoms with Crippen molar-refractivity contribution in [1.82, 2.24) is 4.90 Å². The van der Waals surface area contributed by atoms with Crippen LogP contribution in [0.2, 0.25) is 0 Å². The predicted molar refractivity (Wildman–Crippen MR) is 105 cm³/mol. The Morgan fingerprint density at radius 3 is 2.29 bits per heavy atom. The third kappa shape index (κ3) is 6.38. The fourth-order valence-corrected chi connectivity index (χ4v) is 3.34. The van der Waals surface area contributed by atoms with Gasteiger partial charge in [0.25, 0.3) is 5.91 Å². The van der Waals surface area contributed by atoms with Crippen molar-refractivity contribution in [2.75, 3.05) is 27.0 Å². The van der Waals surface area contributed by atoms with Crippen LogP contribution in [0.1, 0.15) is 21.5 Å². The summed E-state index contributed by atoms with van der Waals surface area (Å²) in [6, 6.07) is 13.4. The first kappa shape index (κ1) is 21.4. The zero-order valence-corrected chi connectivity index (χ0v) is 16.9. The van der Waals surface area contributed by atoms with Gasteiger partial charge in [-0.25, -0.2) is 13.2 Å². The van der Waals surface area contributed by atoms with E-state index in [0.717, 1.165) is 11.8 Å². The van der Waals surface area contributed by atoms with Gasteiger partial charge >= 0.3 is 5.97 Å². The van der Waals surface area contributed by atoms with Crippen LogP contribution in [0.4, 0.5) is 0 Å². The van der Waals surface area contributed by atoms with Gasteiger partial charge in [-0.3, -0.25) is 4.79 Å². The van der Waals surface area contributed by atoms with Crippen LogP contribution in [0, 0.1) is 0 Å². The molecule has 0 atom stereocenters. The van der Waals surface area contributed by atoms with E-state index in [-0.39, 0.29) is 17.2 Å². The second-order valence-corrected chi connectivity index (χ2v) is 8.54. The van der Waals surface area contributed by atoms with E-state index in [9.17, 15) is 18.0 Å². The predicted octanol–water partition coefficient (Wildman–Crippen LogP) is 2.06. The van der Waals surface area contributed by atoms with Gasteiger partial charge in [-0.05, 0) is 23.8 Å². The van der Waals surface area contributed by atoms with Crippen molar-refractivity contribution in [3.8, 4) is 5.75 Å². The molecule has 0 saturated heterocycles. The first-order valence-corrected chi connectivity index (χ1v) is 10.6. The van der Waals surface area contributed by atoms with Gasteiger partial charge in [0.2, 0.25) is 0 Å². The minimum atomic E-state index is -3.15. The molecule has 150 valence electrons. The number of ether oxygens (including phenoxy) is 2. The van der Waals surface area contributed by atoms with Crippen LogP contribution >= 0.6 is 0 Å². The molecule has 0 radical (unpaired) electrons. The average Bonchev–Trinajstić information content (AvgIpc) is 2.65. The highest BCUT2D eigenvalue weighted by Crippen LogP contribution is 2.18. The van der Waals surface area contributed by atoms with Crippen molar-refractivity contribution < 1.29 is 27.5 Å². The first-order valence-electron chi connectivity index (χ1n) is 8.49. The Morgan fingerprint density at radius 2 is 1.68 bits per heavy atom. The number of benzene rings is 2. The number of methoxy groups -OCH3 is 1. The molecule has 0 heterocycles. The summed E-state index contributed by atoms with van der Waals surface area (Å²) >= 11 is 0. The van der Waals surface area contributed by atoms with Crippen LogP contribution in [0.15, 0.2) is 48.5 Å². The molecule has 1 amide bonds. The summed E-state index contributed by atoms with van der Waals surface area (Å²) in [6.45, 7) is -0.0733. The lowest BCUT2D eigenvalue weighted by molar-refractivity contribution is -0.133. The van der Waals surface area contributed by atoms with Gasteiger partial charge in [0.15, 0.2) is 16.4 Å². The molecule has 0 spiro atoms. The number of esters is 1. The molecule has 0 saturated carbocycles. The third-order valence-corrected chi connectivity index (χ3v) is 4.83. The molecule has 0 bridgehead atoms. The van der Waals surface area contributed by atoms with Crippen molar-refractivity contribution in [1.29, 1.82) is 0 Å². The van der Waals surface area contributed by atoms with Gasteiger partial charge in [0.05, 0.1) is 18.4 Å². The number of carbonyl (C=O) groups is 2. The SMILES string of the molecule is COc1ccccc1CN(C)C(=O)COC(=O)c1ccc(CS(C)(=O)=O)cc1. The molecule has 2 rings (SSSR count). The summed E-state index contributed by atoms with van der Waals surface area (Å²) in [7, 11) is 0.0253. The van der Waals surface area contributed by atoms with E-state index in [4.69, 9.17) is 9.47 Å². The lowest BCUT2D eigenvalue weighted by Crippen LogP contribution is -2.31. The Morgan fingerprint density at radius 1 is 1.04 bits per heavy atom.